The van der Waals surface area contributed by atoms with E-state index in [1.54, 1.807) is 12.1 Å². The van der Waals surface area contributed by atoms with Gasteiger partial charge in [0.05, 0.1) is 10.9 Å². The van der Waals surface area contributed by atoms with E-state index in [-0.39, 0.29) is 11.4 Å². The van der Waals surface area contributed by atoms with Gasteiger partial charge in [0.2, 0.25) is 0 Å². The molecule has 1 aromatic heterocycles. The molecule has 140 valence electrons. The van der Waals surface area contributed by atoms with Gasteiger partial charge < -0.3 is 0 Å². The molecule has 0 N–H and O–H groups in total. The monoisotopic (exact) mass is 365 g/mol. The van der Waals surface area contributed by atoms with Crippen LogP contribution in [0.25, 0.3) is 10.9 Å². The largest absolute Gasteiger partial charge is 0.299 e. The third kappa shape index (κ3) is 3.93. The molecule has 2 heterocycles. The van der Waals surface area contributed by atoms with Crippen LogP contribution in [0.3, 0.4) is 0 Å². The van der Waals surface area contributed by atoms with Crippen LogP contribution in [0.5, 0.6) is 0 Å². The smallest absolute Gasteiger partial charge is 0.261 e. The number of likely N-dealkylation sites (tertiary alicyclic amines) is 1. The summed E-state index contributed by atoms with van der Waals surface area (Å²) in [5, 5.41) is 0.687. The predicted molar refractivity (Wildman–Crippen MR) is 105 cm³/mol. The van der Waals surface area contributed by atoms with Gasteiger partial charge in [0, 0.05) is 13.1 Å². The molecule has 0 amide bonds. The molecule has 3 aromatic rings. The lowest BCUT2D eigenvalue weighted by molar-refractivity contribution is 0.166. The molecule has 4 rings (SSSR count). The molecule has 2 aromatic carbocycles. The minimum absolute atomic E-state index is 0.0558. The summed E-state index contributed by atoms with van der Waals surface area (Å²) >= 11 is 0. The van der Waals surface area contributed by atoms with Gasteiger partial charge in [0.25, 0.3) is 5.56 Å². The van der Waals surface area contributed by atoms with Crippen LogP contribution in [0.2, 0.25) is 0 Å². The minimum Gasteiger partial charge on any atom is -0.299 e. The van der Waals surface area contributed by atoms with Crippen molar-refractivity contribution < 1.29 is 4.39 Å². The normalized spacial score (nSPS) is 16.1. The zero-order valence-electron chi connectivity index (χ0n) is 15.6. The molecule has 5 heteroatoms. The van der Waals surface area contributed by atoms with Crippen molar-refractivity contribution in [3.8, 4) is 0 Å². The number of piperidine rings is 1. The van der Waals surface area contributed by atoms with Gasteiger partial charge in [-0.05, 0) is 68.6 Å². The average Bonchev–Trinajstić information content (AvgIpc) is 2.66. The number of hydrogen-bond acceptors (Lipinski definition) is 3. The molecule has 0 saturated carbocycles. The van der Waals surface area contributed by atoms with E-state index in [1.807, 2.05) is 41.8 Å². The zero-order valence-corrected chi connectivity index (χ0v) is 15.6. The highest BCUT2D eigenvalue weighted by Gasteiger charge is 2.21. The molecular weight excluding hydrogens is 341 g/mol. The van der Waals surface area contributed by atoms with Crippen molar-refractivity contribution in [2.45, 2.75) is 32.9 Å². The average molecular weight is 365 g/mol. The Morgan fingerprint density at radius 3 is 2.67 bits per heavy atom. The number of benzene rings is 2. The molecule has 1 fully saturated rings. The van der Waals surface area contributed by atoms with Gasteiger partial charge in [0.1, 0.15) is 11.6 Å². The van der Waals surface area contributed by atoms with Crippen LogP contribution < -0.4 is 5.56 Å². The number of aromatic nitrogens is 2. The Kier molecular flexibility index (Phi) is 5.03. The Bertz CT molecular complexity index is 1010. The van der Waals surface area contributed by atoms with Crippen molar-refractivity contribution in [1.82, 2.24) is 14.5 Å². The maximum absolute atomic E-state index is 13.4. The topological polar surface area (TPSA) is 38.1 Å². The van der Waals surface area contributed by atoms with E-state index >= 15 is 0 Å². The number of para-hydroxylation sites is 1. The summed E-state index contributed by atoms with van der Waals surface area (Å²) in [5.41, 5.74) is 1.83. The summed E-state index contributed by atoms with van der Waals surface area (Å²) in [6.45, 7) is 5.34. The lowest BCUT2D eigenvalue weighted by Crippen LogP contribution is -2.36. The molecule has 27 heavy (non-hydrogen) atoms. The first kappa shape index (κ1) is 17.9. The molecular formula is C22H24FN3O. The summed E-state index contributed by atoms with van der Waals surface area (Å²) in [6, 6.07) is 14.4. The number of nitrogens with zero attached hydrogens (tertiary/aromatic N) is 3. The van der Waals surface area contributed by atoms with Gasteiger partial charge in [-0.2, -0.15) is 0 Å². The Labute approximate surface area is 158 Å². The van der Waals surface area contributed by atoms with Gasteiger partial charge in [-0.3, -0.25) is 14.3 Å². The number of aryl methyl sites for hydroxylation is 1. The summed E-state index contributed by atoms with van der Waals surface area (Å²) in [5.74, 6) is 1.06. The summed E-state index contributed by atoms with van der Waals surface area (Å²) in [6.07, 6.45) is 2.07. The fraction of sp³-hybridized carbons (Fsp3) is 0.364. The molecule has 0 unspecified atom stereocenters. The minimum atomic E-state index is -0.180. The maximum Gasteiger partial charge on any atom is 0.261 e. The van der Waals surface area contributed by atoms with Crippen LogP contribution in [0.15, 0.2) is 53.3 Å². The molecule has 4 nitrogen and oxygen atoms in total. The Morgan fingerprint density at radius 2 is 1.89 bits per heavy atom. The lowest BCUT2D eigenvalue weighted by Gasteiger charge is -2.32. The Morgan fingerprint density at radius 1 is 1.11 bits per heavy atom. The van der Waals surface area contributed by atoms with E-state index in [0.29, 0.717) is 11.3 Å². The van der Waals surface area contributed by atoms with E-state index < -0.39 is 0 Å². The summed E-state index contributed by atoms with van der Waals surface area (Å²) in [4.78, 5) is 19.8. The van der Waals surface area contributed by atoms with Crippen LogP contribution in [0.1, 0.15) is 24.2 Å². The number of rotatable bonds is 4. The van der Waals surface area contributed by atoms with Gasteiger partial charge in [-0.1, -0.05) is 24.3 Å². The van der Waals surface area contributed by atoms with Crippen LogP contribution in [0.4, 0.5) is 4.39 Å². The van der Waals surface area contributed by atoms with Crippen LogP contribution in [0, 0.1) is 18.7 Å². The van der Waals surface area contributed by atoms with Crippen LogP contribution in [-0.4, -0.2) is 27.5 Å². The first-order valence-corrected chi connectivity index (χ1v) is 9.53. The van der Waals surface area contributed by atoms with E-state index in [4.69, 9.17) is 0 Å². The highest BCUT2D eigenvalue weighted by atomic mass is 19.1. The van der Waals surface area contributed by atoms with Gasteiger partial charge in [-0.15, -0.1) is 0 Å². The van der Waals surface area contributed by atoms with Crippen LogP contribution in [-0.2, 0) is 13.1 Å². The third-order valence-electron chi connectivity index (χ3n) is 5.50. The molecule has 0 radical (unpaired) electrons. The third-order valence-corrected chi connectivity index (χ3v) is 5.50. The Hall–Kier alpha value is -2.53. The SMILES string of the molecule is Cc1nc2ccccc2c(=O)n1CC1CCN(Cc2cccc(F)c2)CC1. The van der Waals surface area contributed by atoms with E-state index in [1.165, 1.54) is 6.07 Å². The molecule has 1 aliphatic rings. The van der Waals surface area contributed by atoms with E-state index in [0.717, 1.165) is 55.9 Å². The maximum atomic E-state index is 13.4. The second kappa shape index (κ2) is 7.61. The number of halogens is 1. The highest BCUT2D eigenvalue weighted by molar-refractivity contribution is 5.77. The second-order valence-electron chi connectivity index (χ2n) is 7.44. The number of hydrogen-bond donors (Lipinski definition) is 0. The van der Waals surface area contributed by atoms with Gasteiger partial charge >= 0.3 is 0 Å². The fourth-order valence-corrected chi connectivity index (χ4v) is 3.97. The highest BCUT2D eigenvalue weighted by Crippen LogP contribution is 2.21. The van der Waals surface area contributed by atoms with Crippen molar-refractivity contribution in [2.24, 2.45) is 5.92 Å². The summed E-state index contributed by atoms with van der Waals surface area (Å²) in [7, 11) is 0. The molecule has 0 bridgehead atoms. The van der Waals surface area contributed by atoms with Crippen molar-refractivity contribution in [1.29, 1.82) is 0 Å². The second-order valence-corrected chi connectivity index (χ2v) is 7.44. The van der Waals surface area contributed by atoms with Crippen molar-refractivity contribution >= 4 is 10.9 Å². The van der Waals surface area contributed by atoms with E-state index in [9.17, 15) is 9.18 Å². The van der Waals surface area contributed by atoms with Gasteiger partial charge in [0.15, 0.2) is 0 Å². The molecule has 0 aliphatic carbocycles. The molecule has 0 spiro atoms. The van der Waals surface area contributed by atoms with E-state index in [2.05, 4.69) is 9.88 Å². The first-order valence-electron chi connectivity index (χ1n) is 9.53. The van der Waals surface area contributed by atoms with Gasteiger partial charge in [-0.25, -0.2) is 9.37 Å². The fourth-order valence-electron chi connectivity index (χ4n) is 3.97. The predicted octanol–water partition coefficient (Wildman–Crippen LogP) is 3.76. The van der Waals surface area contributed by atoms with Crippen molar-refractivity contribution in [2.75, 3.05) is 13.1 Å². The molecule has 1 saturated heterocycles. The summed E-state index contributed by atoms with van der Waals surface area (Å²) < 4.78 is 15.2. The molecule has 0 atom stereocenters. The zero-order chi connectivity index (χ0) is 18.8. The van der Waals surface area contributed by atoms with Crippen LogP contribution >= 0.6 is 0 Å². The standard InChI is InChI=1S/C22H24FN3O/c1-16-24-21-8-3-2-7-20(21)22(27)26(16)15-17-9-11-25(12-10-17)14-18-5-4-6-19(23)13-18/h2-8,13,17H,9-12,14-15H2,1H3. The van der Waals surface area contributed by atoms with Crippen molar-refractivity contribution in [3.05, 3.63) is 76.1 Å². The molecule has 1 aliphatic heterocycles. The first-order chi connectivity index (χ1) is 13.1. The number of fused-ring (bicyclic) bond motifs is 1. The lowest BCUT2D eigenvalue weighted by atomic mass is 9.96. The van der Waals surface area contributed by atoms with Crippen molar-refractivity contribution in [3.63, 3.8) is 0 Å². The Balaban J connectivity index is 1.42. The quantitative estimate of drug-likeness (QED) is 0.707.